The Kier molecular flexibility index (Phi) is 4.22. The van der Waals surface area contributed by atoms with Crippen LogP contribution in [0.5, 0.6) is 11.5 Å². The predicted octanol–water partition coefficient (Wildman–Crippen LogP) is 3.67. The van der Waals surface area contributed by atoms with Crippen LogP contribution in [0.2, 0.25) is 0 Å². The van der Waals surface area contributed by atoms with Gasteiger partial charge in [-0.1, -0.05) is 6.92 Å². The number of hydrogen-bond acceptors (Lipinski definition) is 3. The highest BCUT2D eigenvalue weighted by atomic mass is 79.9. The van der Waals surface area contributed by atoms with Gasteiger partial charge in [0.05, 0.1) is 18.2 Å². The number of hydrogen-bond donors (Lipinski definition) is 0. The van der Waals surface area contributed by atoms with Crippen molar-refractivity contribution in [1.29, 1.82) is 0 Å². The van der Waals surface area contributed by atoms with E-state index in [1.165, 1.54) is 31.5 Å². The van der Waals surface area contributed by atoms with Gasteiger partial charge >= 0.3 is 0 Å². The molecule has 20 heavy (non-hydrogen) atoms. The van der Waals surface area contributed by atoms with Crippen LogP contribution in [-0.2, 0) is 0 Å². The normalized spacial score (nSPS) is 25.6. The number of rotatable bonds is 3. The Morgan fingerprint density at radius 2 is 2.30 bits per heavy atom. The maximum Gasteiger partial charge on any atom is 0.140 e. The van der Waals surface area contributed by atoms with Crippen LogP contribution in [0.3, 0.4) is 0 Å². The summed E-state index contributed by atoms with van der Waals surface area (Å²) in [5, 5.41) is 0. The van der Waals surface area contributed by atoms with Crippen LogP contribution in [-0.4, -0.2) is 38.3 Å². The molecule has 2 atom stereocenters. The summed E-state index contributed by atoms with van der Waals surface area (Å²) in [5.41, 5.74) is 1.26. The average molecular weight is 340 g/mol. The minimum atomic E-state index is 0.534. The van der Waals surface area contributed by atoms with Crippen molar-refractivity contribution in [3.8, 4) is 11.5 Å². The van der Waals surface area contributed by atoms with E-state index in [9.17, 15) is 0 Å². The lowest BCUT2D eigenvalue weighted by Crippen LogP contribution is -2.43. The number of halogens is 1. The van der Waals surface area contributed by atoms with Crippen molar-refractivity contribution in [2.75, 3.05) is 33.4 Å². The molecule has 0 N–H and O–H groups in total. The van der Waals surface area contributed by atoms with Crippen LogP contribution in [0.1, 0.15) is 31.2 Å². The Labute approximate surface area is 129 Å². The number of benzene rings is 1. The molecule has 0 aliphatic carbocycles. The highest BCUT2D eigenvalue weighted by Gasteiger charge is 2.38. The first-order valence-corrected chi connectivity index (χ1v) is 8.25. The standard InChI is InChI=1S/C16H22BrNO2/c1-3-7-18-8-6-11-10-20-16-13(17)4-5-14(19-2)15(16)12(11)9-18/h4-5,11-12H,3,6-10H2,1-2H3/t11-,12-/m0/s1. The number of ether oxygens (including phenoxy) is 2. The van der Waals surface area contributed by atoms with Gasteiger partial charge in [-0.2, -0.15) is 0 Å². The third kappa shape index (κ3) is 2.44. The molecule has 0 bridgehead atoms. The molecule has 1 aromatic carbocycles. The molecular weight excluding hydrogens is 318 g/mol. The van der Waals surface area contributed by atoms with Crippen LogP contribution in [0.25, 0.3) is 0 Å². The van der Waals surface area contributed by atoms with E-state index in [1.54, 1.807) is 7.11 Å². The van der Waals surface area contributed by atoms with Gasteiger partial charge in [0.2, 0.25) is 0 Å². The summed E-state index contributed by atoms with van der Waals surface area (Å²) < 4.78 is 12.6. The van der Waals surface area contributed by atoms with Crippen molar-refractivity contribution in [3.05, 3.63) is 22.2 Å². The molecule has 0 saturated carbocycles. The van der Waals surface area contributed by atoms with Crippen LogP contribution >= 0.6 is 15.9 Å². The summed E-state index contributed by atoms with van der Waals surface area (Å²) in [6, 6.07) is 4.07. The van der Waals surface area contributed by atoms with Crippen molar-refractivity contribution in [1.82, 2.24) is 4.90 Å². The first kappa shape index (κ1) is 14.2. The van der Waals surface area contributed by atoms with E-state index >= 15 is 0 Å². The molecule has 1 fully saturated rings. The lowest BCUT2D eigenvalue weighted by molar-refractivity contribution is 0.0969. The van der Waals surface area contributed by atoms with Crippen molar-refractivity contribution in [3.63, 3.8) is 0 Å². The first-order valence-electron chi connectivity index (χ1n) is 7.46. The SMILES string of the molecule is CCCN1CC[C@H]2COc3c(Br)ccc(OC)c3[C@H]2C1. The van der Waals surface area contributed by atoms with Gasteiger partial charge in [0.25, 0.3) is 0 Å². The van der Waals surface area contributed by atoms with Crippen LogP contribution in [0, 0.1) is 5.92 Å². The second kappa shape index (κ2) is 5.94. The molecule has 110 valence electrons. The molecule has 3 rings (SSSR count). The van der Waals surface area contributed by atoms with E-state index in [0.29, 0.717) is 11.8 Å². The minimum Gasteiger partial charge on any atom is -0.496 e. The van der Waals surface area contributed by atoms with Crippen molar-refractivity contribution < 1.29 is 9.47 Å². The van der Waals surface area contributed by atoms with Gasteiger partial charge in [0, 0.05) is 23.9 Å². The maximum absolute atomic E-state index is 6.02. The molecule has 0 spiro atoms. The zero-order valence-corrected chi connectivity index (χ0v) is 13.8. The topological polar surface area (TPSA) is 21.7 Å². The zero-order chi connectivity index (χ0) is 14.1. The molecule has 0 amide bonds. The Morgan fingerprint density at radius 1 is 1.45 bits per heavy atom. The molecule has 0 aromatic heterocycles. The molecule has 2 heterocycles. The molecule has 0 unspecified atom stereocenters. The molecule has 2 aliphatic heterocycles. The van der Waals surface area contributed by atoms with Gasteiger partial charge in [-0.05, 0) is 54.0 Å². The van der Waals surface area contributed by atoms with Crippen molar-refractivity contribution >= 4 is 15.9 Å². The highest BCUT2D eigenvalue weighted by molar-refractivity contribution is 9.10. The Bertz CT molecular complexity index is 492. The van der Waals surface area contributed by atoms with Gasteiger partial charge in [-0.15, -0.1) is 0 Å². The monoisotopic (exact) mass is 339 g/mol. The number of piperidine rings is 1. The van der Waals surface area contributed by atoms with Gasteiger partial charge < -0.3 is 14.4 Å². The summed E-state index contributed by atoms with van der Waals surface area (Å²) in [4.78, 5) is 2.58. The van der Waals surface area contributed by atoms with E-state index < -0.39 is 0 Å². The van der Waals surface area contributed by atoms with E-state index in [4.69, 9.17) is 9.47 Å². The highest BCUT2D eigenvalue weighted by Crippen LogP contribution is 2.48. The van der Waals surface area contributed by atoms with E-state index in [2.05, 4.69) is 27.8 Å². The number of nitrogens with zero attached hydrogens (tertiary/aromatic N) is 1. The average Bonchev–Trinajstić information content (AvgIpc) is 2.48. The fourth-order valence-electron chi connectivity index (χ4n) is 3.53. The summed E-state index contributed by atoms with van der Waals surface area (Å²) in [7, 11) is 1.75. The smallest absolute Gasteiger partial charge is 0.140 e. The summed E-state index contributed by atoms with van der Waals surface area (Å²) in [6.45, 7) is 6.60. The number of methoxy groups -OCH3 is 1. The van der Waals surface area contributed by atoms with Crippen molar-refractivity contribution in [2.24, 2.45) is 5.92 Å². The molecule has 1 saturated heterocycles. The van der Waals surface area contributed by atoms with E-state index in [-0.39, 0.29) is 0 Å². The summed E-state index contributed by atoms with van der Waals surface area (Å²) in [6.07, 6.45) is 2.44. The minimum absolute atomic E-state index is 0.534. The molecular formula is C16H22BrNO2. The van der Waals surface area contributed by atoms with E-state index in [0.717, 1.165) is 29.1 Å². The summed E-state index contributed by atoms with van der Waals surface area (Å²) in [5.74, 6) is 3.12. The lowest BCUT2D eigenvalue weighted by atomic mass is 9.78. The molecule has 4 heteroatoms. The lowest BCUT2D eigenvalue weighted by Gasteiger charge is -2.42. The largest absolute Gasteiger partial charge is 0.496 e. The van der Waals surface area contributed by atoms with Gasteiger partial charge in [0.1, 0.15) is 11.5 Å². The summed E-state index contributed by atoms with van der Waals surface area (Å²) >= 11 is 3.61. The molecule has 0 radical (unpaired) electrons. The third-order valence-corrected chi connectivity index (χ3v) is 5.14. The van der Waals surface area contributed by atoms with Crippen LogP contribution < -0.4 is 9.47 Å². The van der Waals surface area contributed by atoms with Crippen LogP contribution in [0.15, 0.2) is 16.6 Å². The maximum atomic E-state index is 6.02. The van der Waals surface area contributed by atoms with Gasteiger partial charge in [-0.3, -0.25) is 0 Å². The zero-order valence-electron chi connectivity index (χ0n) is 12.2. The second-order valence-electron chi connectivity index (χ2n) is 5.76. The van der Waals surface area contributed by atoms with Gasteiger partial charge in [-0.25, -0.2) is 0 Å². The fourth-order valence-corrected chi connectivity index (χ4v) is 4.00. The third-order valence-electron chi connectivity index (χ3n) is 4.52. The quantitative estimate of drug-likeness (QED) is 0.838. The number of likely N-dealkylation sites (tertiary alicyclic amines) is 1. The Balaban J connectivity index is 1.97. The van der Waals surface area contributed by atoms with Gasteiger partial charge in [0.15, 0.2) is 0 Å². The Morgan fingerprint density at radius 3 is 3.05 bits per heavy atom. The molecule has 3 nitrogen and oxygen atoms in total. The molecule has 2 aliphatic rings. The van der Waals surface area contributed by atoms with E-state index in [1.807, 2.05) is 12.1 Å². The van der Waals surface area contributed by atoms with Crippen molar-refractivity contribution in [2.45, 2.75) is 25.7 Å². The predicted molar refractivity (Wildman–Crippen MR) is 83.8 cm³/mol. The fraction of sp³-hybridized carbons (Fsp3) is 0.625. The second-order valence-corrected chi connectivity index (χ2v) is 6.61. The number of fused-ring (bicyclic) bond motifs is 3. The molecule has 1 aromatic rings. The Hall–Kier alpha value is -0.740. The first-order chi connectivity index (χ1) is 9.74. The van der Waals surface area contributed by atoms with Crippen LogP contribution in [0.4, 0.5) is 0 Å².